The predicted molar refractivity (Wildman–Crippen MR) is 125 cm³/mol. The lowest BCUT2D eigenvalue weighted by Crippen LogP contribution is -2.36. The van der Waals surface area contributed by atoms with Crippen molar-refractivity contribution in [1.82, 2.24) is 5.32 Å². The molecule has 1 amide bonds. The van der Waals surface area contributed by atoms with Crippen molar-refractivity contribution in [2.75, 3.05) is 0 Å². The summed E-state index contributed by atoms with van der Waals surface area (Å²) in [5.41, 5.74) is 4.68. The topological polar surface area (TPSA) is 75.6 Å². The number of rotatable bonds is 9. The molecule has 2 N–H and O–H groups in total. The van der Waals surface area contributed by atoms with Crippen LogP contribution in [-0.4, -0.2) is 17.0 Å². The Labute approximate surface area is 189 Å². The summed E-state index contributed by atoms with van der Waals surface area (Å²) >= 11 is 0. The summed E-state index contributed by atoms with van der Waals surface area (Å²) in [6.45, 7) is 5.94. The van der Waals surface area contributed by atoms with Crippen molar-refractivity contribution in [3.63, 3.8) is 0 Å². The molecule has 0 saturated carbocycles. The van der Waals surface area contributed by atoms with Crippen LogP contribution in [0.25, 0.3) is 0 Å². The molecule has 32 heavy (non-hydrogen) atoms. The summed E-state index contributed by atoms with van der Waals surface area (Å²) in [5.74, 6) is -1.33. The van der Waals surface area contributed by atoms with E-state index in [2.05, 4.69) is 5.32 Å². The number of aryl methyl sites for hydroxylation is 2. The highest BCUT2D eigenvalue weighted by Crippen LogP contribution is 2.29. The van der Waals surface area contributed by atoms with Crippen LogP contribution in [0.1, 0.15) is 40.8 Å². The molecule has 0 aromatic heterocycles. The highest BCUT2D eigenvalue weighted by molar-refractivity contribution is 5.80. The fraction of sp³-hybridized carbons (Fsp3) is 0.259. The number of aliphatic carboxylic acids is 1. The first-order chi connectivity index (χ1) is 15.3. The van der Waals surface area contributed by atoms with Crippen LogP contribution in [0.5, 0.6) is 5.75 Å². The molecule has 0 fully saturated rings. The second kappa shape index (κ2) is 10.6. The standard InChI is InChI=1S/C27H29NO4/c1-18-9-12-21(13-10-18)15-25(29)28-26(20(3)27(30)31)23-14-11-19(2)24(16-23)32-17-22-7-5-4-6-8-22/h4-14,16,20,26H,15,17H2,1-3H3,(H,28,29)(H,30,31)/t20-,26+/m1/s1. The summed E-state index contributed by atoms with van der Waals surface area (Å²) in [5, 5.41) is 12.6. The van der Waals surface area contributed by atoms with Gasteiger partial charge in [-0.05, 0) is 49.1 Å². The van der Waals surface area contributed by atoms with E-state index in [0.717, 1.165) is 22.3 Å². The SMILES string of the molecule is Cc1ccc(CC(=O)N[C@H](c2ccc(C)c(OCc3ccccc3)c2)[C@@H](C)C(=O)O)cc1. The van der Waals surface area contributed by atoms with Crippen molar-refractivity contribution in [1.29, 1.82) is 0 Å². The van der Waals surface area contributed by atoms with E-state index in [1.165, 1.54) is 0 Å². The number of amides is 1. The first kappa shape index (κ1) is 23.1. The molecular weight excluding hydrogens is 402 g/mol. The van der Waals surface area contributed by atoms with Gasteiger partial charge in [0.1, 0.15) is 12.4 Å². The fourth-order valence-corrected chi connectivity index (χ4v) is 3.46. The Kier molecular flexibility index (Phi) is 7.66. The van der Waals surface area contributed by atoms with Gasteiger partial charge in [0.15, 0.2) is 0 Å². The molecule has 0 bridgehead atoms. The van der Waals surface area contributed by atoms with Crippen LogP contribution in [0.3, 0.4) is 0 Å². The van der Waals surface area contributed by atoms with Gasteiger partial charge in [-0.2, -0.15) is 0 Å². The fourth-order valence-electron chi connectivity index (χ4n) is 3.46. The summed E-state index contributed by atoms with van der Waals surface area (Å²) < 4.78 is 6.01. The maximum atomic E-state index is 12.7. The minimum Gasteiger partial charge on any atom is -0.489 e. The number of carboxylic acid groups (broad SMARTS) is 1. The Morgan fingerprint density at radius 1 is 0.938 bits per heavy atom. The van der Waals surface area contributed by atoms with Crippen LogP contribution in [0, 0.1) is 19.8 Å². The van der Waals surface area contributed by atoms with E-state index in [4.69, 9.17) is 4.74 Å². The van der Waals surface area contributed by atoms with Crippen LogP contribution in [0.2, 0.25) is 0 Å². The molecule has 3 aromatic rings. The second-order valence-electron chi connectivity index (χ2n) is 8.13. The third kappa shape index (κ3) is 6.20. The van der Waals surface area contributed by atoms with Gasteiger partial charge in [0.05, 0.1) is 18.4 Å². The smallest absolute Gasteiger partial charge is 0.308 e. The van der Waals surface area contributed by atoms with Gasteiger partial charge in [0.25, 0.3) is 0 Å². The minimum absolute atomic E-state index is 0.187. The van der Waals surface area contributed by atoms with Crippen LogP contribution in [0.4, 0.5) is 0 Å². The predicted octanol–water partition coefficient (Wildman–Crippen LogP) is 5.00. The van der Waals surface area contributed by atoms with E-state index in [9.17, 15) is 14.7 Å². The highest BCUT2D eigenvalue weighted by atomic mass is 16.5. The molecule has 3 rings (SSSR count). The first-order valence-corrected chi connectivity index (χ1v) is 10.7. The molecule has 0 aliphatic rings. The number of carbonyl (C=O) groups excluding carboxylic acids is 1. The molecule has 5 nitrogen and oxygen atoms in total. The lowest BCUT2D eigenvalue weighted by Gasteiger charge is -2.24. The number of hydrogen-bond donors (Lipinski definition) is 2. The van der Waals surface area contributed by atoms with Crippen molar-refractivity contribution in [2.45, 2.75) is 39.8 Å². The molecule has 0 aliphatic carbocycles. The molecular formula is C27H29NO4. The number of hydrogen-bond acceptors (Lipinski definition) is 3. The molecule has 0 aliphatic heterocycles. The maximum absolute atomic E-state index is 12.7. The first-order valence-electron chi connectivity index (χ1n) is 10.7. The molecule has 0 heterocycles. The lowest BCUT2D eigenvalue weighted by molar-refractivity contribution is -0.142. The van der Waals surface area contributed by atoms with E-state index in [-0.39, 0.29) is 12.3 Å². The Bertz CT molecular complexity index is 1060. The van der Waals surface area contributed by atoms with Crippen LogP contribution < -0.4 is 10.1 Å². The van der Waals surface area contributed by atoms with E-state index in [1.807, 2.05) is 86.6 Å². The van der Waals surface area contributed by atoms with Gasteiger partial charge in [-0.25, -0.2) is 0 Å². The molecule has 5 heteroatoms. The van der Waals surface area contributed by atoms with Crippen molar-refractivity contribution < 1.29 is 19.4 Å². The van der Waals surface area contributed by atoms with E-state index >= 15 is 0 Å². The van der Waals surface area contributed by atoms with Gasteiger partial charge < -0.3 is 15.2 Å². The molecule has 0 unspecified atom stereocenters. The van der Waals surface area contributed by atoms with Crippen molar-refractivity contribution in [2.24, 2.45) is 5.92 Å². The number of benzene rings is 3. The van der Waals surface area contributed by atoms with Gasteiger partial charge in [-0.15, -0.1) is 0 Å². The van der Waals surface area contributed by atoms with Crippen molar-refractivity contribution in [3.8, 4) is 5.75 Å². The van der Waals surface area contributed by atoms with E-state index in [0.29, 0.717) is 17.9 Å². The zero-order valence-electron chi connectivity index (χ0n) is 18.7. The minimum atomic E-state index is -0.974. The third-order valence-corrected chi connectivity index (χ3v) is 5.50. The van der Waals surface area contributed by atoms with Crippen LogP contribution >= 0.6 is 0 Å². The Morgan fingerprint density at radius 2 is 1.62 bits per heavy atom. The average Bonchev–Trinajstić information content (AvgIpc) is 2.79. The van der Waals surface area contributed by atoms with E-state index in [1.54, 1.807) is 6.92 Å². The number of carboxylic acids is 1. The molecule has 3 aromatic carbocycles. The van der Waals surface area contributed by atoms with Gasteiger partial charge in [0, 0.05) is 0 Å². The monoisotopic (exact) mass is 431 g/mol. The third-order valence-electron chi connectivity index (χ3n) is 5.50. The van der Waals surface area contributed by atoms with Gasteiger partial charge in [0.2, 0.25) is 5.91 Å². The quantitative estimate of drug-likeness (QED) is 0.500. The average molecular weight is 432 g/mol. The number of carbonyl (C=O) groups is 2. The maximum Gasteiger partial charge on any atom is 0.308 e. The molecule has 0 spiro atoms. The normalized spacial score (nSPS) is 12.6. The second-order valence-corrected chi connectivity index (χ2v) is 8.13. The summed E-state index contributed by atoms with van der Waals surface area (Å²) in [4.78, 5) is 24.5. The van der Waals surface area contributed by atoms with Gasteiger partial charge >= 0.3 is 5.97 Å². The van der Waals surface area contributed by atoms with Gasteiger partial charge in [-0.1, -0.05) is 72.3 Å². The van der Waals surface area contributed by atoms with Crippen molar-refractivity contribution in [3.05, 3.63) is 101 Å². The number of nitrogens with one attached hydrogen (secondary N) is 1. The van der Waals surface area contributed by atoms with Crippen LogP contribution in [-0.2, 0) is 22.6 Å². The highest BCUT2D eigenvalue weighted by Gasteiger charge is 2.27. The summed E-state index contributed by atoms with van der Waals surface area (Å²) in [6, 6.07) is 22.5. The number of ether oxygens (including phenoxy) is 1. The Hall–Kier alpha value is -3.60. The molecule has 166 valence electrons. The Balaban J connectivity index is 1.79. The Morgan fingerprint density at radius 3 is 2.28 bits per heavy atom. The zero-order valence-corrected chi connectivity index (χ0v) is 18.7. The summed E-state index contributed by atoms with van der Waals surface area (Å²) in [7, 11) is 0. The largest absolute Gasteiger partial charge is 0.489 e. The summed E-state index contributed by atoms with van der Waals surface area (Å²) in [6.07, 6.45) is 0.187. The molecule has 0 radical (unpaired) electrons. The van der Waals surface area contributed by atoms with E-state index < -0.39 is 17.9 Å². The van der Waals surface area contributed by atoms with Crippen LogP contribution in [0.15, 0.2) is 72.8 Å². The zero-order chi connectivity index (χ0) is 23.1. The lowest BCUT2D eigenvalue weighted by atomic mass is 9.93. The molecule has 0 saturated heterocycles. The molecule has 2 atom stereocenters. The van der Waals surface area contributed by atoms with Crippen molar-refractivity contribution >= 4 is 11.9 Å². The van der Waals surface area contributed by atoms with Gasteiger partial charge in [-0.3, -0.25) is 9.59 Å².